The average molecular weight is 755 g/mol. The van der Waals surface area contributed by atoms with Gasteiger partial charge in [-0.3, -0.25) is 14.5 Å². The fraction of sp³-hybridized carbons (Fsp3) is 0.865. The number of aromatic nitrogens is 3. The summed E-state index contributed by atoms with van der Waals surface area (Å²) in [5.74, 6) is -0.0439. The lowest BCUT2D eigenvalue weighted by Crippen LogP contribution is -2.41. The van der Waals surface area contributed by atoms with Gasteiger partial charge < -0.3 is 43.4 Å². The van der Waals surface area contributed by atoms with Crippen molar-refractivity contribution < 1.29 is 47.5 Å². The Morgan fingerprint density at radius 2 is 1.36 bits per heavy atom. The van der Waals surface area contributed by atoms with E-state index in [1.165, 1.54) is 4.90 Å². The van der Waals surface area contributed by atoms with E-state index < -0.39 is 0 Å². The van der Waals surface area contributed by atoms with E-state index in [4.69, 9.17) is 33.2 Å². The summed E-state index contributed by atoms with van der Waals surface area (Å²) in [6.07, 6.45) is 4.14. The van der Waals surface area contributed by atoms with Crippen LogP contribution in [-0.2, 0) is 55.8 Å². The molecule has 2 aliphatic rings. The number of hydrogen-bond acceptors (Lipinski definition) is 12. The van der Waals surface area contributed by atoms with Crippen LogP contribution in [-0.4, -0.2) is 155 Å². The number of ether oxygens (including phenoxy) is 7. The molecule has 16 nitrogen and oxygen atoms in total. The number of nitrogens with zero attached hydrogens (tertiary/aromatic N) is 5. The minimum Gasteiger partial charge on any atom is -0.377 e. The molecular formula is C37H66N6O10. The van der Waals surface area contributed by atoms with Crippen molar-refractivity contribution in [2.24, 2.45) is 22.7 Å². The van der Waals surface area contributed by atoms with Crippen molar-refractivity contribution >= 4 is 17.8 Å². The minimum atomic E-state index is -0.305. The Morgan fingerprint density at radius 1 is 0.849 bits per heavy atom. The van der Waals surface area contributed by atoms with Crippen LogP contribution >= 0.6 is 0 Å². The highest BCUT2D eigenvalue weighted by molar-refractivity contribution is 6.03. The van der Waals surface area contributed by atoms with E-state index in [0.29, 0.717) is 117 Å². The number of rotatable bonds is 28. The maximum absolute atomic E-state index is 12.7. The zero-order valence-corrected chi connectivity index (χ0v) is 33.1. The van der Waals surface area contributed by atoms with Gasteiger partial charge in [-0.2, -0.15) is 0 Å². The molecule has 0 aliphatic carbocycles. The molecule has 0 saturated carbocycles. The van der Waals surface area contributed by atoms with Gasteiger partial charge in [-0.05, 0) is 29.6 Å². The van der Waals surface area contributed by atoms with Gasteiger partial charge in [-0.15, -0.1) is 5.10 Å². The van der Waals surface area contributed by atoms with E-state index in [-0.39, 0.29) is 47.6 Å². The van der Waals surface area contributed by atoms with Gasteiger partial charge in [0.15, 0.2) is 0 Å². The van der Waals surface area contributed by atoms with Crippen molar-refractivity contribution in [2.75, 3.05) is 112 Å². The van der Waals surface area contributed by atoms with Crippen LogP contribution in [0.25, 0.3) is 0 Å². The van der Waals surface area contributed by atoms with E-state index in [1.54, 1.807) is 10.9 Å². The number of carbonyl (C=O) groups excluding carboxylic acids is 3. The summed E-state index contributed by atoms with van der Waals surface area (Å²) < 4.78 is 40.4. The van der Waals surface area contributed by atoms with E-state index in [1.807, 2.05) is 25.7 Å². The first kappa shape index (κ1) is 44.7. The number of imide groups is 1. The van der Waals surface area contributed by atoms with Crippen LogP contribution < -0.4 is 5.32 Å². The quantitative estimate of drug-likeness (QED) is 0.0985. The third-order valence-corrected chi connectivity index (χ3v) is 10.0. The van der Waals surface area contributed by atoms with Gasteiger partial charge >= 0.3 is 6.03 Å². The molecule has 0 spiro atoms. The smallest absolute Gasteiger partial charge is 0.317 e. The van der Waals surface area contributed by atoms with Crippen molar-refractivity contribution in [3.05, 3.63) is 11.9 Å². The first-order chi connectivity index (χ1) is 25.5. The summed E-state index contributed by atoms with van der Waals surface area (Å²) in [6.45, 7) is 21.9. The van der Waals surface area contributed by atoms with E-state index >= 15 is 0 Å². The Labute approximate surface area is 315 Å². The number of likely N-dealkylation sites (tertiary alicyclic amines) is 2. The lowest BCUT2D eigenvalue weighted by molar-refractivity contribution is -0.141. The van der Waals surface area contributed by atoms with Crippen molar-refractivity contribution in [1.29, 1.82) is 0 Å². The number of nitrogens with one attached hydrogen (secondary N) is 1. The molecule has 2 fully saturated rings. The van der Waals surface area contributed by atoms with Crippen LogP contribution in [0.1, 0.15) is 66.5 Å². The number of hydrogen-bond donors (Lipinski definition) is 1. The second kappa shape index (κ2) is 23.9. The van der Waals surface area contributed by atoms with Gasteiger partial charge in [0.25, 0.3) is 0 Å². The number of carbonyl (C=O) groups is 3. The zero-order chi connectivity index (χ0) is 38.5. The van der Waals surface area contributed by atoms with Crippen LogP contribution in [0.2, 0.25) is 0 Å². The first-order valence-electron chi connectivity index (χ1n) is 19.3. The maximum Gasteiger partial charge on any atom is 0.317 e. The molecule has 16 heteroatoms. The van der Waals surface area contributed by atoms with Crippen LogP contribution in [0, 0.1) is 22.7 Å². The predicted octanol–water partition coefficient (Wildman–Crippen LogP) is 2.78. The topological polar surface area (TPSA) is 165 Å². The normalized spacial score (nSPS) is 19.3. The lowest BCUT2D eigenvalue weighted by atomic mass is 9.74. The molecule has 304 valence electrons. The summed E-state index contributed by atoms with van der Waals surface area (Å²) in [5, 5.41) is 11.1. The summed E-state index contributed by atoms with van der Waals surface area (Å²) in [5.41, 5.74) is 0.553. The Balaban J connectivity index is 1.01. The highest BCUT2D eigenvalue weighted by Gasteiger charge is 2.44. The maximum atomic E-state index is 12.7. The highest BCUT2D eigenvalue weighted by atomic mass is 16.6. The fourth-order valence-electron chi connectivity index (χ4n) is 6.37. The van der Waals surface area contributed by atoms with Gasteiger partial charge in [0.1, 0.15) is 5.69 Å². The lowest BCUT2D eigenvalue weighted by Gasteiger charge is -2.32. The predicted molar refractivity (Wildman–Crippen MR) is 196 cm³/mol. The van der Waals surface area contributed by atoms with Crippen LogP contribution in [0.4, 0.5) is 4.79 Å². The third kappa shape index (κ3) is 15.9. The molecule has 3 heterocycles. The Kier molecular flexibility index (Phi) is 20.2. The van der Waals surface area contributed by atoms with Gasteiger partial charge in [-0.1, -0.05) is 46.8 Å². The molecule has 1 aromatic heterocycles. The molecule has 0 aromatic carbocycles. The van der Waals surface area contributed by atoms with Gasteiger partial charge in [-0.25, -0.2) is 9.48 Å². The summed E-state index contributed by atoms with van der Waals surface area (Å²) in [6, 6.07) is -0.00208. The van der Waals surface area contributed by atoms with Crippen molar-refractivity contribution in [2.45, 2.75) is 73.9 Å². The molecule has 0 radical (unpaired) electrons. The Bertz CT molecular complexity index is 1210. The molecular weight excluding hydrogens is 688 g/mol. The van der Waals surface area contributed by atoms with Crippen LogP contribution in [0.15, 0.2) is 6.20 Å². The van der Waals surface area contributed by atoms with Gasteiger partial charge in [0.2, 0.25) is 11.8 Å². The SMILES string of the molecule is CCC1(C(C)C)CCN(C(=O)NCCOCCOCCOCCOCCOCCOCCOCCn2cc(CN3C(=O)CC(C(C)(C)C)C3=O)nn2)C1. The molecule has 3 rings (SSSR count). The minimum absolute atomic E-state index is 0.00208. The molecule has 2 saturated heterocycles. The largest absolute Gasteiger partial charge is 0.377 e. The fourth-order valence-corrected chi connectivity index (χ4v) is 6.37. The van der Waals surface area contributed by atoms with Crippen molar-refractivity contribution in [1.82, 2.24) is 30.1 Å². The summed E-state index contributed by atoms with van der Waals surface area (Å²) in [4.78, 5) is 40.7. The van der Waals surface area contributed by atoms with Gasteiger partial charge in [0, 0.05) is 26.1 Å². The molecule has 2 atom stereocenters. The highest BCUT2D eigenvalue weighted by Crippen LogP contribution is 2.40. The van der Waals surface area contributed by atoms with E-state index in [9.17, 15) is 14.4 Å². The Morgan fingerprint density at radius 3 is 1.81 bits per heavy atom. The molecule has 0 bridgehead atoms. The van der Waals surface area contributed by atoms with Crippen molar-refractivity contribution in [3.63, 3.8) is 0 Å². The molecule has 2 unspecified atom stereocenters. The third-order valence-electron chi connectivity index (χ3n) is 10.0. The molecule has 1 N–H and O–H groups in total. The number of urea groups is 1. The van der Waals surface area contributed by atoms with Gasteiger partial charge in [0.05, 0.1) is 118 Å². The molecule has 1 aromatic rings. The van der Waals surface area contributed by atoms with E-state index in [2.05, 4.69) is 36.4 Å². The standard InChI is InChI=1S/C37H66N6O10/c1-7-37(30(2)3)8-10-41(29-37)35(46)38-9-12-47-14-16-49-18-20-51-22-24-53-25-23-52-21-19-50-17-15-48-13-11-42-27-31(39-40-42)28-43-33(44)26-32(34(43)45)36(4,5)6/h27,30,32H,7-26,28-29H2,1-6H3,(H,38,46). The molecule has 4 amide bonds. The second-order valence-corrected chi connectivity index (χ2v) is 15.0. The Hall–Kier alpha value is -2.73. The molecule has 53 heavy (non-hydrogen) atoms. The van der Waals surface area contributed by atoms with E-state index in [0.717, 1.165) is 25.9 Å². The molecule has 2 aliphatic heterocycles. The average Bonchev–Trinajstić information content (AvgIpc) is 3.85. The summed E-state index contributed by atoms with van der Waals surface area (Å²) >= 11 is 0. The zero-order valence-electron chi connectivity index (χ0n) is 33.1. The number of amides is 4. The van der Waals surface area contributed by atoms with Crippen molar-refractivity contribution in [3.8, 4) is 0 Å². The summed E-state index contributed by atoms with van der Waals surface area (Å²) in [7, 11) is 0. The second-order valence-electron chi connectivity index (χ2n) is 15.0. The monoisotopic (exact) mass is 754 g/mol. The first-order valence-corrected chi connectivity index (χ1v) is 19.3. The van der Waals surface area contributed by atoms with Crippen LogP contribution in [0.3, 0.4) is 0 Å². The van der Waals surface area contributed by atoms with Crippen LogP contribution in [0.5, 0.6) is 0 Å².